The van der Waals surface area contributed by atoms with Gasteiger partial charge in [-0.2, -0.15) is 0 Å². The number of benzene rings is 1. The third-order valence-corrected chi connectivity index (χ3v) is 2.37. The largest absolute Gasteiger partial charge is 0.508 e. The fourth-order valence-corrected chi connectivity index (χ4v) is 1.40. The second kappa shape index (κ2) is 4.62. The third-order valence-electron chi connectivity index (χ3n) is 2.37. The van der Waals surface area contributed by atoms with E-state index in [1.165, 1.54) is 0 Å². The first-order valence-electron chi connectivity index (χ1n) is 5.16. The van der Waals surface area contributed by atoms with E-state index >= 15 is 0 Å². The SMILES string of the molecule is C[n+]1ccc(C=Cc2ccc(O)cc2)cc1. The van der Waals surface area contributed by atoms with E-state index in [9.17, 15) is 0 Å². The van der Waals surface area contributed by atoms with Gasteiger partial charge in [0.2, 0.25) is 0 Å². The molecule has 0 aliphatic rings. The molecule has 80 valence electrons. The second-order valence-electron chi connectivity index (χ2n) is 3.72. The number of pyridine rings is 1. The number of phenols is 1. The summed E-state index contributed by atoms with van der Waals surface area (Å²) in [4.78, 5) is 0. The molecule has 0 amide bonds. The topological polar surface area (TPSA) is 24.1 Å². The molecule has 2 heteroatoms. The highest BCUT2D eigenvalue weighted by molar-refractivity contribution is 5.69. The first-order chi connectivity index (χ1) is 7.74. The standard InChI is InChI=1S/C14H13NO/c1-15-10-8-13(9-11-15)3-2-12-4-6-14(16)7-5-12/h2-11H,1H3/p+1. The first-order valence-corrected chi connectivity index (χ1v) is 5.16. The third kappa shape index (κ3) is 2.70. The number of aromatic hydroxyl groups is 1. The fourth-order valence-electron chi connectivity index (χ4n) is 1.40. The van der Waals surface area contributed by atoms with Gasteiger partial charge in [0.05, 0.1) is 0 Å². The Morgan fingerprint density at radius 1 is 0.875 bits per heavy atom. The minimum atomic E-state index is 0.295. The highest BCUT2D eigenvalue weighted by Crippen LogP contribution is 2.12. The molecule has 0 bridgehead atoms. The molecule has 0 fully saturated rings. The van der Waals surface area contributed by atoms with Crippen molar-refractivity contribution in [1.82, 2.24) is 0 Å². The van der Waals surface area contributed by atoms with Crippen LogP contribution in [0.15, 0.2) is 48.8 Å². The maximum Gasteiger partial charge on any atom is 0.169 e. The van der Waals surface area contributed by atoms with E-state index < -0.39 is 0 Å². The van der Waals surface area contributed by atoms with Gasteiger partial charge in [-0.25, -0.2) is 4.57 Å². The molecule has 0 aliphatic carbocycles. The number of hydrogen-bond donors (Lipinski definition) is 1. The zero-order chi connectivity index (χ0) is 11.4. The van der Waals surface area contributed by atoms with Gasteiger partial charge in [0.25, 0.3) is 0 Å². The van der Waals surface area contributed by atoms with Crippen LogP contribution in [0.5, 0.6) is 5.75 Å². The van der Waals surface area contributed by atoms with Gasteiger partial charge in [0, 0.05) is 12.1 Å². The van der Waals surface area contributed by atoms with Crippen LogP contribution in [-0.2, 0) is 7.05 Å². The number of aryl methyl sites for hydroxylation is 1. The van der Waals surface area contributed by atoms with Crippen LogP contribution in [0.4, 0.5) is 0 Å². The molecule has 2 nitrogen and oxygen atoms in total. The predicted molar refractivity (Wildman–Crippen MR) is 64.7 cm³/mol. The maximum absolute atomic E-state index is 9.15. The number of nitrogens with zero attached hydrogens (tertiary/aromatic N) is 1. The van der Waals surface area contributed by atoms with Gasteiger partial charge < -0.3 is 5.11 Å². The number of aromatic nitrogens is 1. The smallest absolute Gasteiger partial charge is 0.169 e. The summed E-state index contributed by atoms with van der Waals surface area (Å²) in [7, 11) is 1.99. The quantitative estimate of drug-likeness (QED) is 0.759. The molecule has 0 aliphatic heterocycles. The van der Waals surface area contributed by atoms with Crippen molar-refractivity contribution in [1.29, 1.82) is 0 Å². The van der Waals surface area contributed by atoms with E-state index in [-0.39, 0.29) is 0 Å². The lowest BCUT2D eigenvalue weighted by Gasteiger charge is -1.94. The fraction of sp³-hybridized carbons (Fsp3) is 0.0714. The number of phenolic OH excluding ortho intramolecular Hbond substituents is 1. The molecule has 16 heavy (non-hydrogen) atoms. The van der Waals surface area contributed by atoms with Crippen molar-refractivity contribution in [2.45, 2.75) is 0 Å². The molecule has 0 spiro atoms. The summed E-state index contributed by atoms with van der Waals surface area (Å²) in [5.74, 6) is 0.295. The lowest BCUT2D eigenvalue weighted by atomic mass is 10.1. The van der Waals surface area contributed by atoms with E-state index in [2.05, 4.69) is 12.1 Å². The van der Waals surface area contributed by atoms with E-state index in [1.807, 2.05) is 48.3 Å². The van der Waals surface area contributed by atoms with Gasteiger partial charge in [-0.15, -0.1) is 0 Å². The summed E-state index contributed by atoms with van der Waals surface area (Å²) < 4.78 is 2.00. The molecular weight excluding hydrogens is 198 g/mol. The van der Waals surface area contributed by atoms with Crippen LogP contribution in [0.2, 0.25) is 0 Å². The minimum absolute atomic E-state index is 0.295. The molecule has 1 heterocycles. The Morgan fingerprint density at radius 2 is 1.38 bits per heavy atom. The van der Waals surface area contributed by atoms with E-state index in [0.717, 1.165) is 11.1 Å². The molecule has 0 radical (unpaired) electrons. The van der Waals surface area contributed by atoms with Crippen molar-refractivity contribution >= 4 is 12.2 Å². The molecule has 0 saturated carbocycles. The molecule has 2 rings (SSSR count). The molecule has 1 N–H and O–H groups in total. The Balaban J connectivity index is 2.15. The predicted octanol–water partition coefficient (Wildman–Crippen LogP) is 2.39. The average Bonchev–Trinajstić information content (AvgIpc) is 2.30. The Labute approximate surface area is 95.1 Å². The summed E-state index contributed by atoms with van der Waals surface area (Å²) >= 11 is 0. The van der Waals surface area contributed by atoms with Gasteiger partial charge >= 0.3 is 0 Å². The molecule has 0 unspecified atom stereocenters. The number of hydrogen-bond acceptors (Lipinski definition) is 1. The highest BCUT2D eigenvalue weighted by atomic mass is 16.3. The van der Waals surface area contributed by atoms with Crippen LogP contribution < -0.4 is 4.57 Å². The van der Waals surface area contributed by atoms with Crippen LogP contribution in [0.25, 0.3) is 12.2 Å². The van der Waals surface area contributed by atoms with Crippen molar-refractivity contribution in [3.8, 4) is 5.75 Å². The van der Waals surface area contributed by atoms with Crippen molar-refractivity contribution in [3.05, 3.63) is 59.9 Å². The summed E-state index contributed by atoms with van der Waals surface area (Å²) in [6.07, 6.45) is 8.09. The summed E-state index contributed by atoms with van der Waals surface area (Å²) in [5.41, 5.74) is 2.23. The van der Waals surface area contributed by atoms with E-state index in [0.29, 0.717) is 5.75 Å². The summed E-state index contributed by atoms with van der Waals surface area (Å²) in [6.45, 7) is 0. The Kier molecular flexibility index (Phi) is 3.01. The zero-order valence-corrected chi connectivity index (χ0v) is 9.17. The van der Waals surface area contributed by atoms with Gasteiger partial charge in [0.15, 0.2) is 12.4 Å². The van der Waals surface area contributed by atoms with Crippen LogP contribution in [0, 0.1) is 0 Å². The molecule has 1 aromatic heterocycles. The zero-order valence-electron chi connectivity index (χ0n) is 9.17. The Hall–Kier alpha value is -2.09. The lowest BCUT2D eigenvalue weighted by Crippen LogP contribution is -2.25. The van der Waals surface area contributed by atoms with Crippen LogP contribution >= 0.6 is 0 Å². The highest BCUT2D eigenvalue weighted by Gasteiger charge is 1.92. The van der Waals surface area contributed by atoms with Crippen LogP contribution in [-0.4, -0.2) is 5.11 Å². The molecular formula is C14H14NO+. The molecule has 0 saturated heterocycles. The number of rotatable bonds is 2. The van der Waals surface area contributed by atoms with Crippen molar-refractivity contribution in [2.75, 3.05) is 0 Å². The monoisotopic (exact) mass is 212 g/mol. The van der Waals surface area contributed by atoms with Crippen molar-refractivity contribution in [3.63, 3.8) is 0 Å². The lowest BCUT2D eigenvalue weighted by molar-refractivity contribution is -0.671. The average molecular weight is 212 g/mol. The second-order valence-corrected chi connectivity index (χ2v) is 3.72. The van der Waals surface area contributed by atoms with Gasteiger partial charge in [-0.1, -0.05) is 24.3 Å². The van der Waals surface area contributed by atoms with E-state index in [1.54, 1.807) is 12.1 Å². The van der Waals surface area contributed by atoms with Gasteiger partial charge in [-0.3, -0.25) is 0 Å². The molecule has 1 aromatic carbocycles. The van der Waals surface area contributed by atoms with Crippen molar-refractivity contribution in [2.24, 2.45) is 7.05 Å². The van der Waals surface area contributed by atoms with Gasteiger partial charge in [-0.05, 0) is 23.3 Å². The first kappa shape index (κ1) is 10.4. The molecule has 0 atom stereocenters. The molecule has 2 aromatic rings. The van der Waals surface area contributed by atoms with Crippen molar-refractivity contribution < 1.29 is 9.67 Å². The normalized spacial score (nSPS) is 10.8. The Morgan fingerprint density at radius 3 is 1.94 bits per heavy atom. The summed E-state index contributed by atoms with van der Waals surface area (Å²) in [5, 5.41) is 9.15. The van der Waals surface area contributed by atoms with Gasteiger partial charge in [0.1, 0.15) is 12.8 Å². The van der Waals surface area contributed by atoms with E-state index in [4.69, 9.17) is 5.11 Å². The maximum atomic E-state index is 9.15. The Bertz CT molecular complexity index is 436. The van der Waals surface area contributed by atoms with Crippen LogP contribution in [0.1, 0.15) is 11.1 Å². The minimum Gasteiger partial charge on any atom is -0.508 e. The summed E-state index contributed by atoms with van der Waals surface area (Å²) in [6, 6.07) is 11.2. The van der Waals surface area contributed by atoms with Crippen LogP contribution in [0.3, 0.4) is 0 Å².